The topological polar surface area (TPSA) is 102 Å². The first-order valence-corrected chi connectivity index (χ1v) is 12.5. The number of aromatic nitrogens is 2. The number of hydrogen-bond acceptors (Lipinski definition) is 5. The zero-order valence-corrected chi connectivity index (χ0v) is 20.1. The molecule has 0 fully saturated rings. The minimum atomic E-state index is -2.16. The van der Waals surface area contributed by atoms with Crippen molar-refractivity contribution in [1.82, 2.24) is 9.78 Å². The molecule has 2 atom stereocenters. The molecule has 0 bridgehead atoms. The van der Waals surface area contributed by atoms with Crippen LogP contribution in [-0.2, 0) is 20.3 Å². The number of nitrogens with zero attached hydrogens (tertiary/aromatic N) is 2. The smallest absolute Gasteiger partial charge is 0.481 e. The van der Waals surface area contributed by atoms with Gasteiger partial charge in [-0.1, -0.05) is 32.0 Å². The minimum absolute atomic E-state index is 0.142. The molecular weight excluding hydrogens is 458 g/mol. The lowest BCUT2D eigenvalue weighted by molar-refractivity contribution is -0.138. The van der Waals surface area contributed by atoms with E-state index in [9.17, 15) is 18.9 Å². The van der Waals surface area contributed by atoms with Gasteiger partial charge >= 0.3 is 14.0 Å². The second-order valence-corrected chi connectivity index (χ2v) is 9.61. The second kappa shape index (κ2) is 12.0. The SMILES string of the molecule is CC(C)c1nn(-c2ccccc2)c(-c2ccc(F)cc2)c1CCCO[P+](=O)CC(O)CC(=O)O. The Balaban J connectivity index is 1.83. The summed E-state index contributed by atoms with van der Waals surface area (Å²) in [7, 11) is -2.16. The maximum absolute atomic E-state index is 13.6. The number of aliphatic hydroxyl groups is 1. The van der Waals surface area contributed by atoms with Crippen molar-refractivity contribution in [3.63, 3.8) is 0 Å². The highest BCUT2D eigenvalue weighted by molar-refractivity contribution is 7.39. The van der Waals surface area contributed by atoms with Crippen LogP contribution in [0.5, 0.6) is 0 Å². The van der Waals surface area contributed by atoms with Crippen molar-refractivity contribution in [1.29, 1.82) is 0 Å². The van der Waals surface area contributed by atoms with Crippen molar-refractivity contribution >= 4 is 14.0 Å². The lowest BCUT2D eigenvalue weighted by Gasteiger charge is -2.11. The van der Waals surface area contributed by atoms with Crippen LogP contribution < -0.4 is 0 Å². The van der Waals surface area contributed by atoms with Crippen LogP contribution in [0.1, 0.15) is 43.9 Å². The number of rotatable bonds is 12. The van der Waals surface area contributed by atoms with Crippen LogP contribution in [0.15, 0.2) is 54.6 Å². The predicted molar refractivity (Wildman–Crippen MR) is 128 cm³/mol. The Morgan fingerprint density at radius 2 is 1.82 bits per heavy atom. The standard InChI is InChI=1S/C25H28FN2O5P/c1-17(2)24-22(9-6-14-33-34(32)16-21(29)15-23(30)31)25(18-10-12-19(26)13-11-18)28(27-24)20-7-4-3-5-8-20/h3-5,7-8,10-13,17,21,29H,6,9,14-16H2,1-2H3/p+1. The number of benzene rings is 2. The van der Waals surface area contributed by atoms with E-state index >= 15 is 0 Å². The van der Waals surface area contributed by atoms with Crippen molar-refractivity contribution in [2.75, 3.05) is 12.8 Å². The van der Waals surface area contributed by atoms with E-state index in [0.29, 0.717) is 12.8 Å². The fourth-order valence-electron chi connectivity index (χ4n) is 3.74. The largest absolute Gasteiger partial charge is 0.510 e. The fourth-order valence-corrected chi connectivity index (χ4v) is 4.66. The molecule has 9 heteroatoms. The van der Waals surface area contributed by atoms with E-state index in [2.05, 4.69) is 13.8 Å². The number of carboxylic acids is 1. The summed E-state index contributed by atoms with van der Waals surface area (Å²) in [5.41, 5.74) is 4.53. The third-order valence-electron chi connectivity index (χ3n) is 5.26. The van der Waals surface area contributed by atoms with E-state index in [1.54, 1.807) is 12.1 Å². The van der Waals surface area contributed by atoms with Gasteiger partial charge in [-0.15, -0.1) is 4.52 Å². The van der Waals surface area contributed by atoms with E-state index < -0.39 is 26.5 Å². The summed E-state index contributed by atoms with van der Waals surface area (Å²) in [5.74, 6) is -1.33. The van der Waals surface area contributed by atoms with Crippen molar-refractivity contribution in [2.24, 2.45) is 0 Å². The normalized spacial score (nSPS) is 12.7. The molecular formula is C25H29FN2O5P+. The fraction of sp³-hybridized carbons (Fsp3) is 0.360. The van der Waals surface area contributed by atoms with Crippen LogP contribution in [0.3, 0.4) is 0 Å². The Hall–Kier alpha value is -2.93. The van der Waals surface area contributed by atoms with Crippen LogP contribution in [0.4, 0.5) is 4.39 Å². The number of halogens is 1. The molecule has 0 aliphatic rings. The van der Waals surface area contributed by atoms with E-state index in [0.717, 1.165) is 28.2 Å². The molecule has 0 saturated carbocycles. The summed E-state index contributed by atoms with van der Waals surface area (Å²) in [6.07, 6.45) is -0.755. The van der Waals surface area contributed by atoms with E-state index in [-0.39, 0.29) is 24.5 Å². The summed E-state index contributed by atoms with van der Waals surface area (Å²) in [6, 6.07) is 16.0. The van der Waals surface area contributed by atoms with Gasteiger partial charge in [0, 0.05) is 11.1 Å². The highest BCUT2D eigenvalue weighted by Gasteiger charge is 2.26. The minimum Gasteiger partial charge on any atom is -0.481 e. The number of aliphatic carboxylic acids is 1. The molecule has 0 aliphatic heterocycles. The maximum Gasteiger partial charge on any atom is 0.510 e. The molecule has 1 aromatic heterocycles. The molecule has 0 radical (unpaired) electrons. The van der Waals surface area contributed by atoms with Gasteiger partial charge in [0.05, 0.1) is 23.5 Å². The summed E-state index contributed by atoms with van der Waals surface area (Å²) in [6.45, 7) is 4.31. The molecule has 2 aromatic carbocycles. The van der Waals surface area contributed by atoms with Crippen molar-refractivity contribution in [2.45, 2.75) is 45.1 Å². The lowest BCUT2D eigenvalue weighted by Crippen LogP contribution is -2.15. The molecule has 1 heterocycles. The Morgan fingerprint density at radius 3 is 2.44 bits per heavy atom. The average molecular weight is 487 g/mol. The molecule has 0 saturated heterocycles. The van der Waals surface area contributed by atoms with E-state index in [1.807, 2.05) is 35.0 Å². The van der Waals surface area contributed by atoms with Gasteiger partial charge in [0.25, 0.3) is 0 Å². The monoisotopic (exact) mass is 487 g/mol. The van der Waals surface area contributed by atoms with Crippen LogP contribution in [0.25, 0.3) is 16.9 Å². The molecule has 34 heavy (non-hydrogen) atoms. The number of para-hydroxylation sites is 1. The first kappa shape index (κ1) is 25.7. The maximum atomic E-state index is 13.6. The first-order chi connectivity index (χ1) is 16.3. The molecule has 180 valence electrons. The highest BCUT2D eigenvalue weighted by Crippen LogP contribution is 2.34. The zero-order valence-electron chi connectivity index (χ0n) is 19.2. The second-order valence-electron chi connectivity index (χ2n) is 8.33. The van der Waals surface area contributed by atoms with Gasteiger partial charge in [-0.05, 0) is 59.7 Å². The Kier molecular flexibility index (Phi) is 9.05. The molecule has 3 rings (SSSR count). The Morgan fingerprint density at radius 1 is 1.15 bits per heavy atom. The predicted octanol–water partition coefficient (Wildman–Crippen LogP) is 5.33. The molecule has 0 spiro atoms. The van der Waals surface area contributed by atoms with Crippen LogP contribution in [0, 0.1) is 5.82 Å². The van der Waals surface area contributed by atoms with Crippen LogP contribution >= 0.6 is 8.03 Å². The van der Waals surface area contributed by atoms with Crippen LogP contribution in [0.2, 0.25) is 0 Å². The van der Waals surface area contributed by atoms with Gasteiger partial charge in [-0.25, -0.2) is 9.07 Å². The van der Waals surface area contributed by atoms with Gasteiger partial charge in [0.1, 0.15) is 18.5 Å². The van der Waals surface area contributed by atoms with Crippen molar-refractivity contribution in [3.05, 3.63) is 71.7 Å². The third kappa shape index (κ3) is 6.79. The number of carboxylic acid groups (broad SMARTS) is 1. The summed E-state index contributed by atoms with van der Waals surface area (Å²) < 4.78 is 32.9. The molecule has 0 amide bonds. The summed E-state index contributed by atoms with van der Waals surface area (Å²) in [5, 5.41) is 23.2. The molecule has 3 aromatic rings. The lowest BCUT2D eigenvalue weighted by atomic mass is 9.97. The van der Waals surface area contributed by atoms with Crippen molar-refractivity contribution in [3.8, 4) is 16.9 Å². The molecule has 2 unspecified atom stereocenters. The van der Waals surface area contributed by atoms with Gasteiger partial charge < -0.3 is 10.2 Å². The quantitative estimate of drug-likeness (QED) is 0.265. The van der Waals surface area contributed by atoms with Gasteiger partial charge in [0.15, 0.2) is 0 Å². The first-order valence-electron chi connectivity index (χ1n) is 11.2. The number of aliphatic hydroxyl groups excluding tert-OH is 1. The molecule has 7 nitrogen and oxygen atoms in total. The van der Waals surface area contributed by atoms with Crippen LogP contribution in [-0.4, -0.2) is 44.8 Å². The molecule has 0 aliphatic carbocycles. The Bertz CT molecular complexity index is 1120. The Labute approximate surface area is 199 Å². The van der Waals surface area contributed by atoms with Crippen molar-refractivity contribution < 1.29 is 28.5 Å². The van der Waals surface area contributed by atoms with Gasteiger partial charge in [-0.2, -0.15) is 5.10 Å². The zero-order chi connectivity index (χ0) is 24.7. The summed E-state index contributed by atoms with van der Waals surface area (Å²) >= 11 is 0. The average Bonchev–Trinajstić information content (AvgIpc) is 3.17. The third-order valence-corrected chi connectivity index (χ3v) is 6.45. The number of carbonyl (C=O) groups is 1. The van der Waals surface area contributed by atoms with E-state index in [4.69, 9.17) is 14.7 Å². The molecule has 2 N–H and O–H groups in total. The van der Waals surface area contributed by atoms with E-state index in [1.165, 1.54) is 12.1 Å². The van der Waals surface area contributed by atoms with Gasteiger partial charge in [0.2, 0.25) is 6.16 Å². The summed E-state index contributed by atoms with van der Waals surface area (Å²) in [4.78, 5) is 10.6. The van der Waals surface area contributed by atoms with Gasteiger partial charge in [-0.3, -0.25) is 4.79 Å². The highest BCUT2D eigenvalue weighted by atomic mass is 31.1. The number of hydrogen-bond donors (Lipinski definition) is 2.